The second-order valence-electron chi connectivity index (χ2n) is 5.56. The molecule has 0 aliphatic rings. The Morgan fingerprint density at radius 2 is 1.78 bits per heavy atom. The van der Waals surface area contributed by atoms with Crippen LogP contribution >= 0.6 is 24.0 Å². The molecule has 2 rings (SSSR count). The maximum absolute atomic E-state index is 11.8. The monoisotopic (exact) mass is 404 g/mol. The highest BCUT2D eigenvalue weighted by atomic mass is 32.2. The van der Waals surface area contributed by atoms with Crippen LogP contribution in [0.3, 0.4) is 0 Å². The van der Waals surface area contributed by atoms with Crippen molar-refractivity contribution in [3.8, 4) is 0 Å². The summed E-state index contributed by atoms with van der Waals surface area (Å²) in [5, 5.41) is 14.0. The summed E-state index contributed by atoms with van der Waals surface area (Å²) in [5.41, 5.74) is 6.47. The number of carbonyl (C=O) groups excluding carboxylic acids is 1. The zero-order chi connectivity index (χ0) is 19.5. The summed E-state index contributed by atoms with van der Waals surface area (Å²) < 4.78 is 0. The highest BCUT2D eigenvalue weighted by Gasteiger charge is 2.07. The van der Waals surface area contributed by atoms with Gasteiger partial charge in [-0.05, 0) is 42.8 Å². The number of thiocarbonyl (C=S) groups is 1. The Morgan fingerprint density at radius 1 is 1.07 bits per heavy atom. The van der Waals surface area contributed by atoms with Crippen molar-refractivity contribution in [2.45, 2.75) is 17.7 Å². The van der Waals surface area contributed by atoms with E-state index in [-0.39, 0.29) is 17.3 Å². The van der Waals surface area contributed by atoms with Gasteiger partial charge in [0.25, 0.3) is 5.69 Å². The normalized spacial score (nSPS) is 10.1. The zero-order valence-electron chi connectivity index (χ0n) is 14.5. The minimum Gasteiger partial charge on any atom is -0.361 e. The summed E-state index contributed by atoms with van der Waals surface area (Å²) in [4.78, 5) is 22.7. The highest BCUT2D eigenvalue weighted by molar-refractivity contribution is 8.00. The molecule has 0 radical (unpaired) electrons. The van der Waals surface area contributed by atoms with Gasteiger partial charge in [-0.3, -0.25) is 25.8 Å². The number of amides is 1. The smallest absolute Gasteiger partial charge is 0.269 e. The van der Waals surface area contributed by atoms with E-state index in [1.165, 1.54) is 29.5 Å². The van der Waals surface area contributed by atoms with Crippen LogP contribution in [-0.4, -0.2) is 28.2 Å². The Balaban J connectivity index is 1.57. The second kappa shape index (κ2) is 11.1. The topological polar surface area (TPSA) is 96.3 Å². The van der Waals surface area contributed by atoms with Crippen LogP contribution in [0.25, 0.3) is 0 Å². The van der Waals surface area contributed by atoms with Gasteiger partial charge in [0.1, 0.15) is 0 Å². The van der Waals surface area contributed by atoms with Crippen molar-refractivity contribution in [2.75, 3.05) is 12.3 Å². The number of nitrogens with one attached hydrogen (secondary N) is 3. The second-order valence-corrected chi connectivity index (χ2v) is 7.01. The van der Waals surface area contributed by atoms with Crippen molar-refractivity contribution in [2.24, 2.45) is 0 Å². The minimum absolute atomic E-state index is 0.0224. The van der Waals surface area contributed by atoms with Crippen LogP contribution < -0.4 is 16.2 Å². The van der Waals surface area contributed by atoms with Gasteiger partial charge in [0, 0.05) is 23.6 Å². The Labute approximate surface area is 167 Å². The largest absolute Gasteiger partial charge is 0.361 e. The van der Waals surface area contributed by atoms with Crippen molar-refractivity contribution in [3.05, 3.63) is 70.3 Å². The number of aryl methyl sites for hydroxylation is 1. The number of thioether (sulfide) groups is 1. The molecule has 0 saturated carbocycles. The van der Waals surface area contributed by atoms with E-state index < -0.39 is 4.92 Å². The van der Waals surface area contributed by atoms with Gasteiger partial charge in [0.15, 0.2) is 5.11 Å². The summed E-state index contributed by atoms with van der Waals surface area (Å²) in [6.45, 7) is 0.703. The first-order chi connectivity index (χ1) is 13.0. The molecule has 1 amide bonds. The van der Waals surface area contributed by atoms with E-state index in [4.69, 9.17) is 12.2 Å². The van der Waals surface area contributed by atoms with E-state index in [2.05, 4.69) is 28.3 Å². The number of hydrogen-bond acceptors (Lipinski definition) is 5. The van der Waals surface area contributed by atoms with Crippen molar-refractivity contribution < 1.29 is 9.72 Å². The molecule has 7 nitrogen and oxygen atoms in total. The molecule has 2 aromatic rings. The lowest BCUT2D eigenvalue weighted by molar-refractivity contribution is -0.384. The number of rotatable bonds is 8. The Bertz CT molecular complexity index is 770. The highest BCUT2D eigenvalue weighted by Crippen LogP contribution is 2.20. The SMILES string of the molecule is O=C(CSc1ccc([N+](=O)[O-])cc1)NNC(=S)NCCCc1ccccc1. The van der Waals surface area contributed by atoms with Gasteiger partial charge in [-0.2, -0.15) is 0 Å². The van der Waals surface area contributed by atoms with Gasteiger partial charge >= 0.3 is 0 Å². The summed E-state index contributed by atoms with van der Waals surface area (Å²) in [5.74, 6) is -0.0756. The summed E-state index contributed by atoms with van der Waals surface area (Å²) in [6.07, 6.45) is 1.88. The van der Waals surface area contributed by atoms with E-state index in [1.807, 2.05) is 18.2 Å². The number of hydrogen-bond donors (Lipinski definition) is 3. The molecule has 0 unspecified atom stereocenters. The number of nitrogens with zero attached hydrogens (tertiary/aromatic N) is 1. The number of non-ortho nitro benzene ring substituents is 1. The van der Waals surface area contributed by atoms with Crippen molar-refractivity contribution >= 4 is 40.7 Å². The lowest BCUT2D eigenvalue weighted by Crippen LogP contribution is -2.47. The van der Waals surface area contributed by atoms with E-state index in [0.29, 0.717) is 11.7 Å². The van der Waals surface area contributed by atoms with Gasteiger partial charge in [-0.1, -0.05) is 30.3 Å². The van der Waals surface area contributed by atoms with Gasteiger partial charge in [0.05, 0.1) is 10.7 Å². The molecule has 0 heterocycles. The van der Waals surface area contributed by atoms with Crippen LogP contribution in [0, 0.1) is 10.1 Å². The molecule has 0 bridgehead atoms. The van der Waals surface area contributed by atoms with E-state index in [9.17, 15) is 14.9 Å². The van der Waals surface area contributed by atoms with Crippen LogP contribution in [0.15, 0.2) is 59.5 Å². The summed E-state index contributed by atoms with van der Waals surface area (Å²) >= 11 is 6.39. The molecule has 0 fully saturated rings. The van der Waals surface area contributed by atoms with Crippen LogP contribution in [-0.2, 0) is 11.2 Å². The minimum atomic E-state index is -0.459. The predicted octanol–water partition coefficient (Wildman–Crippen LogP) is 2.82. The van der Waals surface area contributed by atoms with Crippen LogP contribution in [0.1, 0.15) is 12.0 Å². The predicted molar refractivity (Wildman–Crippen MR) is 110 cm³/mol. The van der Waals surface area contributed by atoms with Crippen molar-refractivity contribution in [1.29, 1.82) is 0 Å². The fourth-order valence-electron chi connectivity index (χ4n) is 2.16. The first-order valence-electron chi connectivity index (χ1n) is 8.28. The Kier molecular flexibility index (Phi) is 8.53. The molecule has 0 saturated heterocycles. The molecule has 0 spiro atoms. The number of hydrazine groups is 1. The molecule has 9 heteroatoms. The third-order valence-electron chi connectivity index (χ3n) is 3.50. The lowest BCUT2D eigenvalue weighted by atomic mass is 10.1. The lowest BCUT2D eigenvalue weighted by Gasteiger charge is -2.11. The fraction of sp³-hybridized carbons (Fsp3) is 0.222. The maximum Gasteiger partial charge on any atom is 0.269 e. The quantitative estimate of drug-likeness (QED) is 0.205. The number of benzene rings is 2. The molecular formula is C18H20N4O3S2. The van der Waals surface area contributed by atoms with Crippen molar-refractivity contribution in [1.82, 2.24) is 16.2 Å². The molecule has 0 aromatic heterocycles. The first-order valence-corrected chi connectivity index (χ1v) is 9.68. The first kappa shape index (κ1) is 20.7. The van der Waals surface area contributed by atoms with Crippen molar-refractivity contribution in [3.63, 3.8) is 0 Å². The van der Waals surface area contributed by atoms with Crippen LogP contribution in [0.2, 0.25) is 0 Å². The molecular weight excluding hydrogens is 384 g/mol. The number of nitro groups is 1. The average Bonchev–Trinajstić information content (AvgIpc) is 2.69. The van der Waals surface area contributed by atoms with Crippen LogP contribution in [0.4, 0.5) is 5.69 Å². The zero-order valence-corrected chi connectivity index (χ0v) is 16.1. The molecule has 2 aromatic carbocycles. The van der Waals surface area contributed by atoms with E-state index >= 15 is 0 Å². The number of nitro benzene ring substituents is 1. The van der Waals surface area contributed by atoms with E-state index in [1.54, 1.807) is 12.1 Å². The van der Waals surface area contributed by atoms with Gasteiger partial charge in [-0.25, -0.2) is 0 Å². The van der Waals surface area contributed by atoms with E-state index in [0.717, 1.165) is 17.7 Å². The third kappa shape index (κ3) is 8.06. The molecule has 0 aliphatic heterocycles. The molecule has 142 valence electrons. The molecule has 27 heavy (non-hydrogen) atoms. The van der Waals surface area contributed by atoms with Gasteiger partial charge in [0.2, 0.25) is 5.91 Å². The fourth-order valence-corrected chi connectivity index (χ4v) is 3.01. The maximum atomic E-state index is 11.8. The standard InChI is InChI=1S/C18H20N4O3S2/c23-17(13-27-16-10-8-15(9-11-16)22(24)25)20-21-18(26)19-12-4-7-14-5-2-1-3-6-14/h1-3,5-6,8-11H,4,7,12-13H2,(H,20,23)(H2,19,21,26). The van der Waals surface area contributed by atoms with Gasteiger partial charge < -0.3 is 5.32 Å². The Hall–Kier alpha value is -2.65. The third-order valence-corrected chi connectivity index (χ3v) is 4.76. The Morgan fingerprint density at radius 3 is 2.44 bits per heavy atom. The molecule has 0 aliphatic carbocycles. The van der Waals surface area contributed by atoms with Crippen LogP contribution in [0.5, 0.6) is 0 Å². The summed E-state index contributed by atoms with van der Waals surface area (Å²) in [6, 6.07) is 16.2. The summed E-state index contributed by atoms with van der Waals surface area (Å²) in [7, 11) is 0. The average molecular weight is 405 g/mol. The molecule has 0 atom stereocenters. The molecule has 3 N–H and O–H groups in total. The van der Waals surface area contributed by atoms with Gasteiger partial charge in [-0.15, -0.1) is 11.8 Å². The number of carbonyl (C=O) groups is 1.